The second-order valence-corrected chi connectivity index (χ2v) is 3.74. The van der Waals surface area contributed by atoms with E-state index >= 15 is 0 Å². The van der Waals surface area contributed by atoms with Gasteiger partial charge in [-0.1, -0.05) is 0 Å². The van der Waals surface area contributed by atoms with Crippen molar-refractivity contribution in [2.24, 2.45) is 5.73 Å². The van der Waals surface area contributed by atoms with Gasteiger partial charge in [-0.15, -0.1) is 0 Å². The summed E-state index contributed by atoms with van der Waals surface area (Å²) >= 11 is 1.000. The summed E-state index contributed by atoms with van der Waals surface area (Å²) in [5, 5.41) is 17.3. The van der Waals surface area contributed by atoms with Gasteiger partial charge in [0, 0.05) is 13.1 Å². The summed E-state index contributed by atoms with van der Waals surface area (Å²) < 4.78 is 8.79. The molecular weight excluding hydrogens is 260 g/mol. The van der Waals surface area contributed by atoms with Crippen LogP contribution in [-0.4, -0.2) is 53.6 Å². The van der Waals surface area contributed by atoms with E-state index in [1.165, 1.54) is 0 Å². The van der Waals surface area contributed by atoms with Gasteiger partial charge in [0.25, 0.3) is 0 Å². The van der Waals surface area contributed by atoms with Gasteiger partial charge in [-0.3, -0.25) is 0 Å². The van der Waals surface area contributed by atoms with Gasteiger partial charge in [0.05, 0.1) is 13.2 Å². The number of primary amides is 1. The van der Waals surface area contributed by atoms with Crippen LogP contribution in [0.4, 0.5) is 9.59 Å². The standard InChI is InChI=1S/C6H12N2O6S2/c7-5(11)13-15-16-14-6(12)8(1-3-9)2-4-10/h9-10H,1-4H2,(H2,7,11). The molecule has 0 saturated heterocycles. The van der Waals surface area contributed by atoms with Crippen LogP contribution in [0.1, 0.15) is 0 Å². The zero-order valence-corrected chi connectivity index (χ0v) is 9.83. The molecule has 0 aliphatic heterocycles. The van der Waals surface area contributed by atoms with E-state index in [1.54, 1.807) is 0 Å². The first-order valence-electron chi connectivity index (χ1n) is 4.09. The molecule has 0 atom stereocenters. The number of nitrogens with two attached hydrogens (primary N) is 1. The third-order valence-electron chi connectivity index (χ3n) is 1.25. The summed E-state index contributed by atoms with van der Waals surface area (Å²) in [4.78, 5) is 22.5. The summed E-state index contributed by atoms with van der Waals surface area (Å²) in [5.74, 6) is 0. The molecular formula is C6H12N2O6S2. The zero-order valence-electron chi connectivity index (χ0n) is 8.20. The molecule has 0 aromatic heterocycles. The van der Waals surface area contributed by atoms with Crippen LogP contribution >= 0.6 is 22.1 Å². The molecule has 2 amide bonds. The van der Waals surface area contributed by atoms with Crippen LogP contribution in [-0.2, 0) is 8.37 Å². The lowest BCUT2D eigenvalue weighted by Crippen LogP contribution is -2.35. The number of aliphatic hydroxyl groups is 2. The van der Waals surface area contributed by atoms with E-state index in [2.05, 4.69) is 14.1 Å². The van der Waals surface area contributed by atoms with Crippen molar-refractivity contribution in [2.75, 3.05) is 26.3 Å². The molecule has 8 nitrogen and oxygen atoms in total. The Hall–Kier alpha value is -0.840. The van der Waals surface area contributed by atoms with Crippen molar-refractivity contribution < 1.29 is 28.2 Å². The number of aliphatic hydroxyl groups excluding tert-OH is 2. The van der Waals surface area contributed by atoms with Gasteiger partial charge in [-0.25, -0.2) is 9.59 Å². The average Bonchev–Trinajstić information content (AvgIpc) is 2.23. The number of hydrogen-bond donors (Lipinski definition) is 3. The van der Waals surface area contributed by atoms with Gasteiger partial charge in [0.15, 0.2) is 22.1 Å². The number of rotatable bonds is 7. The Labute approximate surface area is 99.9 Å². The van der Waals surface area contributed by atoms with E-state index < -0.39 is 12.2 Å². The minimum absolute atomic E-state index is 0.0430. The number of amides is 2. The lowest BCUT2D eigenvalue weighted by Gasteiger charge is -2.18. The minimum Gasteiger partial charge on any atom is -0.395 e. The van der Waals surface area contributed by atoms with Crippen LogP contribution in [0.15, 0.2) is 0 Å². The number of nitrogens with zero attached hydrogens (tertiary/aromatic N) is 1. The molecule has 0 fully saturated rings. The third-order valence-corrected chi connectivity index (χ3v) is 2.32. The number of hydrogen-bond acceptors (Lipinski definition) is 8. The van der Waals surface area contributed by atoms with Gasteiger partial charge in [0.1, 0.15) is 0 Å². The molecule has 0 bridgehead atoms. The molecule has 0 heterocycles. The molecule has 0 saturated carbocycles. The topological polar surface area (TPSA) is 122 Å². The second-order valence-electron chi connectivity index (χ2n) is 2.32. The van der Waals surface area contributed by atoms with Crippen LogP contribution in [0.5, 0.6) is 0 Å². The van der Waals surface area contributed by atoms with Gasteiger partial charge < -0.3 is 29.2 Å². The van der Waals surface area contributed by atoms with E-state index in [9.17, 15) is 9.59 Å². The second kappa shape index (κ2) is 9.39. The van der Waals surface area contributed by atoms with Crippen molar-refractivity contribution in [3.05, 3.63) is 0 Å². The fourth-order valence-electron chi connectivity index (χ4n) is 0.679. The molecule has 0 radical (unpaired) electrons. The van der Waals surface area contributed by atoms with E-state index in [1.807, 2.05) is 0 Å². The fourth-order valence-corrected chi connectivity index (χ4v) is 1.51. The number of carbonyl (C=O) groups is 2. The predicted octanol–water partition coefficient (Wildman–Crippen LogP) is -0.284. The Morgan fingerprint density at radius 2 is 1.62 bits per heavy atom. The van der Waals surface area contributed by atoms with Crippen LogP contribution < -0.4 is 5.73 Å². The monoisotopic (exact) mass is 272 g/mol. The average molecular weight is 272 g/mol. The van der Waals surface area contributed by atoms with E-state index in [0.29, 0.717) is 22.1 Å². The molecule has 4 N–H and O–H groups in total. The predicted molar refractivity (Wildman–Crippen MR) is 58.1 cm³/mol. The maximum atomic E-state index is 11.2. The molecule has 0 aromatic carbocycles. The summed E-state index contributed by atoms with van der Waals surface area (Å²) in [6.07, 6.45) is -1.76. The molecule has 0 aliphatic carbocycles. The largest absolute Gasteiger partial charge is 0.423 e. The van der Waals surface area contributed by atoms with E-state index in [0.717, 1.165) is 4.90 Å². The zero-order chi connectivity index (χ0) is 12.4. The molecule has 10 heteroatoms. The first-order chi connectivity index (χ1) is 7.61. The SMILES string of the molecule is NC(=O)OSSOC(=O)N(CCO)CCO. The van der Waals surface area contributed by atoms with Gasteiger partial charge in [-0.05, 0) is 0 Å². The van der Waals surface area contributed by atoms with Gasteiger partial charge in [-0.2, -0.15) is 0 Å². The summed E-state index contributed by atoms with van der Waals surface area (Å²) in [6, 6.07) is 0. The smallest absolute Gasteiger partial charge is 0.395 e. The van der Waals surface area contributed by atoms with E-state index in [4.69, 9.17) is 10.2 Å². The molecule has 0 rings (SSSR count). The van der Waals surface area contributed by atoms with Gasteiger partial charge >= 0.3 is 12.2 Å². The highest BCUT2D eigenvalue weighted by Gasteiger charge is 2.15. The quantitative estimate of drug-likeness (QED) is 0.328. The van der Waals surface area contributed by atoms with Crippen molar-refractivity contribution in [3.63, 3.8) is 0 Å². The molecule has 16 heavy (non-hydrogen) atoms. The molecule has 94 valence electrons. The lowest BCUT2D eigenvalue weighted by atomic mass is 10.5. The van der Waals surface area contributed by atoms with Crippen molar-refractivity contribution in [2.45, 2.75) is 0 Å². The van der Waals surface area contributed by atoms with Crippen molar-refractivity contribution >= 4 is 34.3 Å². The lowest BCUT2D eigenvalue weighted by molar-refractivity contribution is 0.131. The Bertz CT molecular complexity index is 223. The third kappa shape index (κ3) is 7.45. The maximum Gasteiger partial charge on any atom is 0.423 e. The molecule has 0 aromatic rings. The normalized spacial score (nSPS) is 9.62. The fraction of sp³-hybridized carbons (Fsp3) is 0.667. The number of carbonyl (C=O) groups excluding carboxylic acids is 2. The van der Waals surface area contributed by atoms with Crippen LogP contribution in [0.2, 0.25) is 0 Å². The first-order valence-corrected chi connectivity index (χ1v) is 6.09. The summed E-state index contributed by atoms with van der Waals surface area (Å²) in [6.45, 7) is -0.405. The van der Waals surface area contributed by atoms with Crippen molar-refractivity contribution in [1.82, 2.24) is 4.90 Å². The maximum absolute atomic E-state index is 11.2. The highest BCUT2D eigenvalue weighted by Crippen LogP contribution is 2.24. The Balaban J connectivity index is 3.77. The molecule has 0 unspecified atom stereocenters. The van der Waals surface area contributed by atoms with Crippen LogP contribution in [0.3, 0.4) is 0 Å². The summed E-state index contributed by atoms with van der Waals surface area (Å²) in [5.41, 5.74) is 4.65. The molecule has 0 spiro atoms. The Morgan fingerprint density at radius 1 is 1.12 bits per heavy atom. The first kappa shape index (κ1) is 15.2. The van der Waals surface area contributed by atoms with Crippen molar-refractivity contribution in [3.8, 4) is 0 Å². The van der Waals surface area contributed by atoms with Crippen molar-refractivity contribution in [1.29, 1.82) is 0 Å². The Kier molecular flexibility index (Phi) is 8.90. The Morgan fingerprint density at radius 3 is 2.06 bits per heavy atom. The molecule has 0 aliphatic rings. The van der Waals surface area contributed by atoms with E-state index in [-0.39, 0.29) is 26.3 Å². The van der Waals surface area contributed by atoms with Gasteiger partial charge in [0.2, 0.25) is 0 Å². The van der Waals surface area contributed by atoms with Crippen LogP contribution in [0.25, 0.3) is 0 Å². The highest BCUT2D eigenvalue weighted by molar-refractivity contribution is 8.73. The minimum atomic E-state index is -1.00. The van der Waals surface area contributed by atoms with Crippen LogP contribution in [0, 0.1) is 0 Å². The highest BCUT2D eigenvalue weighted by atomic mass is 33.1. The summed E-state index contributed by atoms with van der Waals surface area (Å²) in [7, 11) is 0.